The Labute approximate surface area is 75.6 Å². The Morgan fingerprint density at radius 1 is 1.50 bits per heavy atom. The molecule has 1 heterocycles. The highest BCUT2D eigenvalue weighted by Gasteiger charge is 2.24. The monoisotopic (exact) mass is 184 g/mol. The Kier molecular flexibility index (Phi) is 1.68. The van der Waals surface area contributed by atoms with Crippen molar-refractivity contribution < 1.29 is 4.73 Å². The van der Waals surface area contributed by atoms with Gasteiger partial charge < -0.3 is 5.21 Å². The van der Waals surface area contributed by atoms with Crippen LogP contribution in [0.15, 0.2) is 0 Å². The third kappa shape index (κ3) is 0.966. The van der Waals surface area contributed by atoms with Crippen LogP contribution in [0.5, 0.6) is 0 Å². The smallest absolute Gasteiger partial charge is 0.300 e. The molecule has 0 saturated heterocycles. The minimum absolute atomic E-state index is 0.445. The van der Waals surface area contributed by atoms with Crippen molar-refractivity contribution in [3.8, 4) is 0 Å². The third-order valence-electron chi connectivity index (χ3n) is 2.24. The predicted molar refractivity (Wildman–Crippen MR) is 45.0 cm³/mol. The number of halogens is 1. The largest absolute Gasteiger partial charge is 0.711 e. The molecule has 3 nitrogen and oxygen atoms in total. The van der Waals surface area contributed by atoms with Crippen molar-refractivity contribution in [1.29, 1.82) is 0 Å². The SMILES string of the molecule is Cc1nc(Cl)c2c([n+]1[O-])CCC2. The summed E-state index contributed by atoms with van der Waals surface area (Å²) >= 11 is 5.88. The number of hydrogen-bond acceptors (Lipinski definition) is 2. The zero-order valence-electron chi connectivity index (χ0n) is 6.80. The first-order valence-corrected chi connectivity index (χ1v) is 4.35. The van der Waals surface area contributed by atoms with Gasteiger partial charge in [0.25, 0.3) is 5.82 Å². The van der Waals surface area contributed by atoms with Crippen LogP contribution < -0.4 is 4.73 Å². The zero-order chi connectivity index (χ0) is 8.72. The first-order chi connectivity index (χ1) is 5.70. The van der Waals surface area contributed by atoms with Gasteiger partial charge in [-0.15, -0.1) is 0 Å². The van der Waals surface area contributed by atoms with Gasteiger partial charge in [-0.05, 0) is 29.4 Å². The number of rotatable bonds is 0. The molecule has 64 valence electrons. The molecule has 0 atom stereocenters. The molecule has 2 rings (SSSR count). The van der Waals surface area contributed by atoms with Crippen LogP contribution in [0, 0.1) is 12.1 Å². The molecule has 1 aliphatic rings. The van der Waals surface area contributed by atoms with Crippen LogP contribution in [0.4, 0.5) is 0 Å². The van der Waals surface area contributed by atoms with Crippen LogP contribution in [0.3, 0.4) is 0 Å². The van der Waals surface area contributed by atoms with E-state index in [2.05, 4.69) is 4.98 Å². The fourth-order valence-electron chi connectivity index (χ4n) is 1.62. The average molecular weight is 185 g/mol. The summed E-state index contributed by atoms with van der Waals surface area (Å²) in [4.78, 5) is 3.96. The lowest BCUT2D eigenvalue weighted by Gasteiger charge is -2.08. The molecule has 0 bridgehead atoms. The minimum atomic E-state index is 0.445. The lowest BCUT2D eigenvalue weighted by Crippen LogP contribution is -2.36. The molecule has 1 aromatic heterocycles. The fraction of sp³-hybridized carbons (Fsp3) is 0.500. The van der Waals surface area contributed by atoms with Gasteiger partial charge in [-0.2, -0.15) is 0 Å². The maximum atomic E-state index is 11.4. The highest BCUT2D eigenvalue weighted by molar-refractivity contribution is 6.30. The summed E-state index contributed by atoms with van der Waals surface area (Å²) in [5.41, 5.74) is 1.75. The third-order valence-corrected chi connectivity index (χ3v) is 2.55. The van der Waals surface area contributed by atoms with Crippen molar-refractivity contribution in [2.24, 2.45) is 0 Å². The van der Waals surface area contributed by atoms with E-state index in [4.69, 9.17) is 11.6 Å². The van der Waals surface area contributed by atoms with Gasteiger partial charge in [0.1, 0.15) is 5.69 Å². The molecule has 0 aliphatic heterocycles. The van der Waals surface area contributed by atoms with Crippen molar-refractivity contribution in [2.45, 2.75) is 26.2 Å². The second kappa shape index (κ2) is 2.59. The summed E-state index contributed by atoms with van der Waals surface area (Å²) in [6.45, 7) is 1.68. The van der Waals surface area contributed by atoms with Gasteiger partial charge in [-0.3, -0.25) is 0 Å². The molecule has 0 aromatic carbocycles. The summed E-state index contributed by atoms with van der Waals surface area (Å²) in [5, 5.41) is 11.9. The topological polar surface area (TPSA) is 39.8 Å². The highest BCUT2D eigenvalue weighted by atomic mass is 35.5. The Balaban J connectivity index is 2.69. The zero-order valence-corrected chi connectivity index (χ0v) is 7.56. The van der Waals surface area contributed by atoms with E-state index < -0.39 is 0 Å². The van der Waals surface area contributed by atoms with Gasteiger partial charge in [-0.1, -0.05) is 0 Å². The van der Waals surface area contributed by atoms with Crippen LogP contribution in [0.1, 0.15) is 23.5 Å². The summed E-state index contributed by atoms with van der Waals surface area (Å²) in [5.74, 6) is 0.445. The van der Waals surface area contributed by atoms with E-state index in [1.807, 2.05) is 0 Å². The Morgan fingerprint density at radius 2 is 2.25 bits per heavy atom. The second-order valence-corrected chi connectivity index (χ2v) is 3.38. The molecule has 0 saturated carbocycles. The Bertz CT molecular complexity index is 338. The average Bonchev–Trinajstić information content (AvgIpc) is 2.48. The van der Waals surface area contributed by atoms with Crippen molar-refractivity contribution in [3.05, 3.63) is 27.4 Å². The standard InChI is InChI=1S/C8H9ClN2O/c1-5-10-8(9)6-3-2-4-7(6)11(5)12/h2-4H2,1H3. The number of fused-ring (bicyclic) bond motifs is 1. The Morgan fingerprint density at radius 3 is 3.00 bits per heavy atom. The summed E-state index contributed by atoms with van der Waals surface area (Å²) < 4.78 is 0.897. The van der Waals surface area contributed by atoms with Gasteiger partial charge in [0, 0.05) is 13.3 Å². The van der Waals surface area contributed by atoms with Gasteiger partial charge in [0.15, 0.2) is 0 Å². The summed E-state index contributed by atoms with van der Waals surface area (Å²) in [6, 6.07) is 0. The molecule has 0 N–H and O–H groups in total. The van der Waals surface area contributed by atoms with E-state index in [1.54, 1.807) is 6.92 Å². The molecule has 1 aliphatic carbocycles. The molecular weight excluding hydrogens is 176 g/mol. The molecule has 0 radical (unpaired) electrons. The second-order valence-electron chi connectivity index (χ2n) is 3.02. The molecule has 0 fully saturated rings. The van der Waals surface area contributed by atoms with Crippen LogP contribution in [-0.4, -0.2) is 4.98 Å². The molecular formula is C8H9ClN2O. The van der Waals surface area contributed by atoms with E-state index in [9.17, 15) is 5.21 Å². The Hall–Kier alpha value is -0.830. The quantitative estimate of drug-likeness (QED) is 0.345. The summed E-state index contributed by atoms with van der Waals surface area (Å²) in [7, 11) is 0. The molecule has 0 unspecified atom stereocenters. The van der Waals surface area contributed by atoms with E-state index in [0.717, 1.165) is 35.3 Å². The van der Waals surface area contributed by atoms with Crippen molar-refractivity contribution >= 4 is 11.6 Å². The van der Waals surface area contributed by atoms with E-state index >= 15 is 0 Å². The number of nitrogens with zero attached hydrogens (tertiary/aromatic N) is 2. The van der Waals surface area contributed by atoms with E-state index in [-0.39, 0.29) is 0 Å². The molecule has 0 amide bonds. The number of hydrogen-bond donors (Lipinski definition) is 0. The van der Waals surface area contributed by atoms with E-state index in [1.165, 1.54) is 0 Å². The predicted octanol–water partition coefficient (Wildman–Crippen LogP) is 1.17. The van der Waals surface area contributed by atoms with Crippen molar-refractivity contribution in [3.63, 3.8) is 0 Å². The van der Waals surface area contributed by atoms with E-state index in [0.29, 0.717) is 11.0 Å². The maximum absolute atomic E-state index is 11.4. The van der Waals surface area contributed by atoms with Gasteiger partial charge in [0.2, 0.25) is 5.15 Å². The highest BCUT2D eigenvalue weighted by Crippen LogP contribution is 2.24. The van der Waals surface area contributed by atoms with Gasteiger partial charge >= 0.3 is 0 Å². The van der Waals surface area contributed by atoms with Gasteiger partial charge in [0.05, 0.1) is 5.56 Å². The minimum Gasteiger partial charge on any atom is -0.711 e. The fourth-order valence-corrected chi connectivity index (χ4v) is 1.95. The summed E-state index contributed by atoms with van der Waals surface area (Å²) in [6.07, 6.45) is 2.74. The first kappa shape index (κ1) is 7.80. The molecule has 0 spiro atoms. The van der Waals surface area contributed by atoms with Crippen LogP contribution >= 0.6 is 11.6 Å². The van der Waals surface area contributed by atoms with Crippen molar-refractivity contribution in [1.82, 2.24) is 4.98 Å². The maximum Gasteiger partial charge on any atom is 0.300 e. The van der Waals surface area contributed by atoms with Crippen molar-refractivity contribution in [2.75, 3.05) is 0 Å². The van der Waals surface area contributed by atoms with Crippen LogP contribution in [0.2, 0.25) is 5.15 Å². The molecule has 12 heavy (non-hydrogen) atoms. The molecule has 4 heteroatoms. The van der Waals surface area contributed by atoms with Crippen LogP contribution in [-0.2, 0) is 12.8 Å². The first-order valence-electron chi connectivity index (χ1n) is 3.97. The molecule has 1 aromatic rings. The lowest BCUT2D eigenvalue weighted by molar-refractivity contribution is -0.624. The van der Waals surface area contributed by atoms with Crippen LogP contribution in [0.25, 0.3) is 0 Å². The lowest BCUT2D eigenvalue weighted by atomic mass is 10.3. The number of aryl methyl sites for hydroxylation is 1. The van der Waals surface area contributed by atoms with Gasteiger partial charge in [-0.25, -0.2) is 4.73 Å². The number of aromatic nitrogens is 2. The normalized spacial score (nSPS) is 14.8.